The summed E-state index contributed by atoms with van der Waals surface area (Å²) in [6, 6.07) is 2.26. The quantitative estimate of drug-likeness (QED) is 0.645. The molecule has 0 aliphatic heterocycles. The third kappa shape index (κ3) is 1.16. The van der Waals surface area contributed by atoms with Gasteiger partial charge in [0.15, 0.2) is 0 Å². The van der Waals surface area contributed by atoms with Crippen molar-refractivity contribution in [2.45, 2.75) is 38.5 Å². The van der Waals surface area contributed by atoms with Gasteiger partial charge in [0.05, 0.1) is 5.56 Å². The highest BCUT2D eigenvalue weighted by atomic mass is 14.7. The van der Waals surface area contributed by atoms with Gasteiger partial charge in [0.25, 0.3) is 0 Å². The van der Waals surface area contributed by atoms with E-state index in [2.05, 4.69) is 24.9 Å². The number of fused-ring (bicyclic) bond motifs is 1. The summed E-state index contributed by atoms with van der Waals surface area (Å²) < 4.78 is 0. The molecule has 0 saturated heterocycles. The molecule has 1 N–H and O–H groups in total. The van der Waals surface area contributed by atoms with E-state index in [4.69, 9.17) is 5.26 Å². The molecule has 68 valence electrons. The summed E-state index contributed by atoms with van der Waals surface area (Å²) in [4.78, 5) is 3.21. The van der Waals surface area contributed by atoms with Crippen LogP contribution < -0.4 is 0 Å². The van der Waals surface area contributed by atoms with Gasteiger partial charge in [-0.15, -0.1) is 0 Å². The molecule has 0 fully saturated rings. The predicted octanol–water partition coefficient (Wildman–Crippen LogP) is 2.50. The van der Waals surface area contributed by atoms with Crippen molar-refractivity contribution in [3.05, 3.63) is 23.0 Å². The van der Waals surface area contributed by atoms with Crippen LogP contribution in [0.4, 0.5) is 0 Å². The van der Waals surface area contributed by atoms with Crippen LogP contribution in [0.15, 0.2) is 6.20 Å². The smallest absolute Gasteiger partial charge is 0.101 e. The summed E-state index contributed by atoms with van der Waals surface area (Å²) in [5.41, 5.74) is 3.53. The molecular weight excluding hydrogens is 160 g/mol. The molecule has 0 saturated carbocycles. The van der Waals surface area contributed by atoms with Crippen molar-refractivity contribution in [3.8, 4) is 6.07 Å². The van der Waals surface area contributed by atoms with Crippen LogP contribution in [-0.4, -0.2) is 4.98 Å². The zero-order chi connectivity index (χ0) is 9.47. The van der Waals surface area contributed by atoms with Gasteiger partial charge >= 0.3 is 0 Å². The van der Waals surface area contributed by atoms with E-state index in [-0.39, 0.29) is 5.41 Å². The Balaban J connectivity index is 2.60. The maximum absolute atomic E-state index is 8.94. The molecule has 0 radical (unpaired) electrons. The number of hydrogen-bond donors (Lipinski definition) is 1. The summed E-state index contributed by atoms with van der Waals surface area (Å²) >= 11 is 0. The molecule has 2 rings (SSSR count). The molecule has 2 heteroatoms. The van der Waals surface area contributed by atoms with Crippen molar-refractivity contribution in [1.82, 2.24) is 4.98 Å². The maximum atomic E-state index is 8.94. The summed E-state index contributed by atoms with van der Waals surface area (Å²) in [7, 11) is 0. The molecule has 0 aromatic carbocycles. The first-order chi connectivity index (χ1) is 6.15. The largest absolute Gasteiger partial charge is 0.364 e. The van der Waals surface area contributed by atoms with Crippen LogP contribution in [0.5, 0.6) is 0 Å². The lowest BCUT2D eigenvalue weighted by molar-refractivity contribution is 0.429. The molecular formula is C11H14N2. The van der Waals surface area contributed by atoms with Crippen molar-refractivity contribution in [1.29, 1.82) is 5.26 Å². The average molecular weight is 174 g/mol. The first-order valence-corrected chi connectivity index (χ1v) is 4.76. The Labute approximate surface area is 78.6 Å². The number of nitrogens with zero attached hydrogens (tertiary/aromatic N) is 1. The summed E-state index contributed by atoms with van der Waals surface area (Å²) in [5.74, 6) is 0. The molecule has 0 bridgehead atoms. The molecule has 0 atom stereocenters. The molecule has 1 aliphatic rings. The number of aryl methyl sites for hydroxylation is 1. The van der Waals surface area contributed by atoms with Crippen LogP contribution in [0.3, 0.4) is 0 Å². The van der Waals surface area contributed by atoms with Crippen molar-refractivity contribution in [3.63, 3.8) is 0 Å². The van der Waals surface area contributed by atoms with Gasteiger partial charge < -0.3 is 4.98 Å². The molecule has 0 amide bonds. The summed E-state index contributed by atoms with van der Waals surface area (Å²) in [5, 5.41) is 8.94. The highest BCUT2D eigenvalue weighted by Crippen LogP contribution is 2.38. The van der Waals surface area contributed by atoms with Crippen molar-refractivity contribution >= 4 is 0 Å². The molecule has 0 unspecified atom stereocenters. The third-order valence-electron chi connectivity index (χ3n) is 2.99. The van der Waals surface area contributed by atoms with Gasteiger partial charge in [-0.2, -0.15) is 5.26 Å². The monoisotopic (exact) mass is 174 g/mol. The standard InChI is InChI=1S/C11H14N2/c1-11(2)5-3-4-9-10(11)8(6-12)7-13-9/h7,13H,3-5H2,1-2H3. The van der Waals surface area contributed by atoms with Crippen LogP contribution in [0.25, 0.3) is 0 Å². The van der Waals surface area contributed by atoms with Crippen molar-refractivity contribution in [2.75, 3.05) is 0 Å². The Morgan fingerprint density at radius 1 is 1.54 bits per heavy atom. The minimum atomic E-state index is 0.179. The highest BCUT2D eigenvalue weighted by molar-refractivity contribution is 5.45. The van der Waals surface area contributed by atoms with Gasteiger partial charge in [0, 0.05) is 11.9 Å². The van der Waals surface area contributed by atoms with E-state index < -0.39 is 0 Å². The Hall–Kier alpha value is -1.23. The van der Waals surface area contributed by atoms with Crippen molar-refractivity contribution in [2.24, 2.45) is 0 Å². The lowest BCUT2D eigenvalue weighted by Gasteiger charge is -2.30. The third-order valence-corrected chi connectivity index (χ3v) is 2.99. The maximum Gasteiger partial charge on any atom is 0.101 e. The van der Waals surface area contributed by atoms with E-state index in [0.29, 0.717) is 0 Å². The van der Waals surface area contributed by atoms with Crippen LogP contribution in [0, 0.1) is 11.3 Å². The number of rotatable bonds is 0. The zero-order valence-electron chi connectivity index (χ0n) is 8.15. The fourth-order valence-electron chi connectivity index (χ4n) is 2.36. The van der Waals surface area contributed by atoms with E-state index in [1.807, 2.05) is 6.20 Å². The van der Waals surface area contributed by atoms with Gasteiger partial charge in [-0.3, -0.25) is 0 Å². The second-order valence-electron chi connectivity index (χ2n) is 4.41. The minimum absolute atomic E-state index is 0.179. The fourth-order valence-corrected chi connectivity index (χ4v) is 2.36. The van der Waals surface area contributed by atoms with Crippen LogP contribution >= 0.6 is 0 Å². The topological polar surface area (TPSA) is 39.6 Å². The van der Waals surface area contributed by atoms with Crippen LogP contribution in [-0.2, 0) is 11.8 Å². The first-order valence-electron chi connectivity index (χ1n) is 4.76. The van der Waals surface area contributed by atoms with E-state index in [1.54, 1.807) is 0 Å². The van der Waals surface area contributed by atoms with E-state index in [9.17, 15) is 0 Å². The number of aromatic nitrogens is 1. The first kappa shape index (κ1) is 8.37. The second-order valence-corrected chi connectivity index (χ2v) is 4.41. The van der Waals surface area contributed by atoms with Crippen LogP contribution in [0.1, 0.15) is 43.5 Å². The normalized spacial score (nSPS) is 19.2. The van der Waals surface area contributed by atoms with Gasteiger partial charge in [0.2, 0.25) is 0 Å². The predicted molar refractivity (Wildman–Crippen MR) is 51.5 cm³/mol. The molecule has 1 aromatic heterocycles. The molecule has 1 aromatic rings. The fraction of sp³-hybridized carbons (Fsp3) is 0.545. The summed E-state index contributed by atoms with van der Waals surface area (Å²) in [6.45, 7) is 4.44. The number of nitrogens with one attached hydrogen (secondary N) is 1. The second kappa shape index (κ2) is 2.63. The Morgan fingerprint density at radius 2 is 2.31 bits per heavy atom. The minimum Gasteiger partial charge on any atom is -0.364 e. The van der Waals surface area contributed by atoms with E-state index in [1.165, 1.54) is 24.1 Å². The summed E-state index contributed by atoms with van der Waals surface area (Å²) in [6.07, 6.45) is 5.36. The van der Waals surface area contributed by atoms with E-state index >= 15 is 0 Å². The SMILES string of the molecule is CC1(C)CCCc2[nH]cc(C#N)c21. The van der Waals surface area contributed by atoms with Gasteiger partial charge in [-0.25, -0.2) is 0 Å². The molecule has 0 spiro atoms. The molecule has 13 heavy (non-hydrogen) atoms. The lowest BCUT2D eigenvalue weighted by Crippen LogP contribution is -2.23. The molecule has 1 aliphatic carbocycles. The number of aromatic amines is 1. The number of hydrogen-bond acceptors (Lipinski definition) is 1. The molecule has 2 nitrogen and oxygen atoms in total. The Kier molecular flexibility index (Phi) is 1.69. The number of H-pyrrole nitrogens is 1. The van der Waals surface area contributed by atoms with Gasteiger partial charge in [-0.1, -0.05) is 13.8 Å². The Morgan fingerprint density at radius 3 is 3.00 bits per heavy atom. The van der Waals surface area contributed by atoms with E-state index in [0.717, 1.165) is 12.0 Å². The van der Waals surface area contributed by atoms with Gasteiger partial charge in [0.1, 0.15) is 6.07 Å². The highest BCUT2D eigenvalue weighted by Gasteiger charge is 2.30. The van der Waals surface area contributed by atoms with Crippen LogP contribution in [0.2, 0.25) is 0 Å². The number of nitriles is 1. The Bertz CT molecular complexity index is 366. The van der Waals surface area contributed by atoms with Gasteiger partial charge in [-0.05, 0) is 30.2 Å². The molecule has 1 heterocycles. The average Bonchev–Trinajstić information content (AvgIpc) is 2.48. The van der Waals surface area contributed by atoms with Crippen molar-refractivity contribution < 1.29 is 0 Å². The zero-order valence-corrected chi connectivity index (χ0v) is 8.15. The lowest BCUT2D eigenvalue weighted by atomic mass is 9.74.